The molecule has 1 heterocycles. The van der Waals surface area contributed by atoms with Gasteiger partial charge in [0.2, 0.25) is 0 Å². The Balaban J connectivity index is 1.64. The van der Waals surface area contributed by atoms with Gasteiger partial charge in [0.1, 0.15) is 24.4 Å². The van der Waals surface area contributed by atoms with Crippen LogP contribution in [0.1, 0.15) is 36.8 Å². The molecule has 2 aromatic rings. The number of hydrogen-bond acceptors (Lipinski definition) is 10. The maximum absolute atomic E-state index is 10.4. The standard InChI is InChI=1S/C25H34O10/c26-13-21-24(22(31)23(32)25(33)35-21)34-16(8-5-15-7-10-18(28)20(30)12-15)4-2-1-3-14-6-9-17(27)19(29)11-14/h6-7,9-12,16,21-33H,1-5,8,13H2. The van der Waals surface area contributed by atoms with E-state index in [0.29, 0.717) is 32.1 Å². The number of ether oxygens (including phenoxy) is 2. The van der Waals surface area contributed by atoms with E-state index in [9.17, 15) is 40.9 Å². The first-order chi connectivity index (χ1) is 16.7. The third kappa shape index (κ3) is 7.20. The van der Waals surface area contributed by atoms with Gasteiger partial charge in [-0.25, -0.2) is 0 Å². The molecule has 6 unspecified atom stereocenters. The van der Waals surface area contributed by atoms with Crippen LogP contribution in [0.3, 0.4) is 0 Å². The summed E-state index contributed by atoms with van der Waals surface area (Å²) in [7, 11) is 0. The molecule has 1 aliphatic heterocycles. The number of aryl methyl sites for hydroxylation is 2. The third-order valence-corrected chi connectivity index (χ3v) is 6.27. The minimum atomic E-state index is -1.64. The summed E-state index contributed by atoms with van der Waals surface area (Å²) in [6.45, 7) is -0.519. The number of unbranched alkanes of at least 4 members (excludes halogenated alkanes) is 1. The van der Waals surface area contributed by atoms with Crippen molar-refractivity contribution in [2.45, 2.75) is 75.3 Å². The number of rotatable bonds is 11. The molecule has 3 rings (SSSR count). The van der Waals surface area contributed by atoms with Gasteiger partial charge in [-0.15, -0.1) is 0 Å². The predicted octanol–water partition coefficient (Wildman–Crippen LogP) is 1.04. The molecule has 6 atom stereocenters. The van der Waals surface area contributed by atoms with Gasteiger partial charge in [-0.1, -0.05) is 18.6 Å². The summed E-state index contributed by atoms with van der Waals surface area (Å²) in [5.74, 6) is -0.808. The maximum atomic E-state index is 10.4. The molecule has 0 aliphatic carbocycles. The van der Waals surface area contributed by atoms with E-state index in [2.05, 4.69) is 0 Å². The van der Waals surface area contributed by atoms with Crippen molar-refractivity contribution in [2.75, 3.05) is 6.61 Å². The largest absolute Gasteiger partial charge is 0.504 e. The second kappa shape index (κ2) is 12.4. The van der Waals surface area contributed by atoms with Crippen molar-refractivity contribution in [3.8, 4) is 23.0 Å². The second-order valence-corrected chi connectivity index (χ2v) is 8.88. The number of aromatic hydroxyl groups is 4. The van der Waals surface area contributed by atoms with Crippen LogP contribution < -0.4 is 0 Å². The summed E-state index contributed by atoms with van der Waals surface area (Å²) in [5, 5.41) is 78.2. The Morgan fingerprint density at radius 2 is 1.34 bits per heavy atom. The molecular weight excluding hydrogens is 460 g/mol. The molecule has 35 heavy (non-hydrogen) atoms. The summed E-state index contributed by atoms with van der Waals surface area (Å²) < 4.78 is 11.3. The van der Waals surface area contributed by atoms with Gasteiger partial charge in [-0.05, 0) is 67.5 Å². The van der Waals surface area contributed by atoms with Gasteiger partial charge < -0.3 is 50.3 Å². The molecule has 0 radical (unpaired) electrons. The highest BCUT2D eigenvalue weighted by atomic mass is 16.7. The zero-order valence-electron chi connectivity index (χ0n) is 19.3. The minimum Gasteiger partial charge on any atom is -0.504 e. The molecule has 0 amide bonds. The summed E-state index contributed by atoms with van der Waals surface area (Å²) in [4.78, 5) is 0. The van der Waals surface area contributed by atoms with Gasteiger partial charge in [0.05, 0.1) is 12.7 Å². The highest BCUT2D eigenvalue weighted by Gasteiger charge is 2.45. The van der Waals surface area contributed by atoms with E-state index in [-0.39, 0.29) is 23.0 Å². The Bertz CT molecular complexity index is 950. The van der Waals surface area contributed by atoms with Crippen molar-refractivity contribution < 1.29 is 50.3 Å². The number of benzene rings is 2. The average molecular weight is 495 g/mol. The normalized spacial score (nSPS) is 25.4. The average Bonchev–Trinajstić information content (AvgIpc) is 2.84. The molecule has 10 heteroatoms. The Labute approximate surface area is 203 Å². The molecule has 8 N–H and O–H groups in total. The first-order valence-corrected chi connectivity index (χ1v) is 11.7. The molecule has 0 bridgehead atoms. The Kier molecular flexibility index (Phi) is 9.55. The molecule has 1 fully saturated rings. The number of aliphatic hydroxyl groups excluding tert-OH is 4. The van der Waals surface area contributed by atoms with E-state index in [1.165, 1.54) is 24.3 Å². The zero-order valence-corrected chi connectivity index (χ0v) is 19.3. The van der Waals surface area contributed by atoms with Crippen LogP contribution in [0.25, 0.3) is 0 Å². The summed E-state index contributed by atoms with van der Waals surface area (Å²) >= 11 is 0. The molecule has 10 nitrogen and oxygen atoms in total. The Morgan fingerprint density at radius 1 is 0.743 bits per heavy atom. The minimum absolute atomic E-state index is 0.178. The summed E-state index contributed by atoms with van der Waals surface area (Å²) in [6.07, 6.45) is -3.54. The van der Waals surface area contributed by atoms with E-state index in [1.807, 2.05) is 0 Å². The smallest absolute Gasteiger partial charge is 0.184 e. The van der Waals surface area contributed by atoms with Gasteiger partial charge in [-0.3, -0.25) is 0 Å². The number of hydrogen-bond donors (Lipinski definition) is 8. The van der Waals surface area contributed by atoms with Crippen LogP contribution >= 0.6 is 0 Å². The van der Waals surface area contributed by atoms with Gasteiger partial charge in [-0.2, -0.15) is 0 Å². The van der Waals surface area contributed by atoms with Crippen LogP contribution in [0, 0.1) is 0 Å². The molecule has 194 valence electrons. The van der Waals surface area contributed by atoms with Crippen molar-refractivity contribution in [1.82, 2.24) is 0 Å². The number of aliphatic hydroxyl groups is 4. The topological polar surface area (TPSA) is 180 Å². The lowest BCUT2D eigenvalue weighted by molar-refractivity contribution is -0.300. The fourth-order valence-corrected chi connectivity index (χ4v) is 4.22. The summed E-state index contributed by atoms with van der Waals surface area (Å²) in [5.41, 5.74) is 1.63. The van der Waals surface area contributed by atoms with Crippen LogP contribution in [0.15, 0.2) is 36.4 Å². The molecule has 0 saturated carbocycles. The summed E-state index contributed by atoms with van der Waals surface area (Å²) in [6, 6.07) is 9.20. The van der Waals surface area contributed by atoms with Crippen molar-refractivity contribution in [3.05, 3.63) is 47.5 Å². The first-order valence-electron chi connectivity index (χ1n) is 11.7. The van der Waals surface area contributed by atoms with E-state index >= 15 is 0 Å². The molecular formula is C25H34O10. The molecule has 0 aromatic heterocycles. The van der Waals surface area contributed by atoms with E-state index in [0.717, 1.165) is 17.5 Å². The van der Waals surface area contributed by atoms with Crippen LogP contribution in [0.4, 0.5) is 0 Å². The SMILES string of the molecule is OCC1OC(O)C(O)C(O)C1OC(CCCCc1ccc(O)c(O)c1)CCc1ccc(O)c(O)c1. The quantitative estimate of drug-likeness (QED) is 0.166. The molecule has 1 saturated heterocycles. The van der Waals surface area contributed by atoms with E-state index in [1.54, 1.807) is 12.1 Å². The first kappa shape index (κ1) is 27.0. The zero-order chi connectivity index (χ0) is 25.5. The fourth-order valence-electron chi connectivity index (χ4n) is 4.22. The van der Waals surface area contributed by atoms with Gasteiger partial charge in [0, 0.05) is 0 Å². The van der Waals surface area contributed by atoms with Crippen LogP contribution in [0.5, 0.6) is 23.0 Å². The molecule has 2 aromatic carbocycles. The van der Waals surface area contributed by atoms with Crippen molar-refractivity contribution in [1.29, 1.82) is 0 Å². The maximum Gasteiger partial charge on any atom is 0.184 e. The van der Waals surface area contributed by atoms with Gasteiger partial charge in [0.15, 0.2) is 29.3 Å². The monoisotopic (exact) mass is 494 g/mol. The number of phenols is 4. The van der Waals surface area contributed by atoms with E-state index < -0.39 is 43.4 Å². The Morgan fingerprint density at radius 3 is 1.91 bits per heavy atom. The lowest BCUT2D eigenvalue weighted by Gasteiger charge is -2.41. The van der Waals surface area contributed by atoms with Crippen molar-refractivity contribution >= 4 is 0 Å². The molecule has 0 spiro atoms. The highest BCUT2D eigenvalue weighted by molar-refractivity contribution is 5.41. The lowest BCUT2D eigenvalue weighted by atomic mass is 9.97. The lowest BCUT2D eigenvalue weighted by Crippen LogP contribution is -2.60. The van der Waals surface area contributed by atoms with Crippen molar-refractivity contribution in [3.63, 3.8) is 0 Å². The second-order valence-electron chi connectivity index (χ2n) is 8.88. The van der Waals surface area contributed by atoms with Crippen molar-refractivity contribution in [2.24, 2.45) is 0 Å². The predicted molar refractivity (Wildman–Crippen MR) is 124 cm³/mol. The Hall–Kier alpha value is -2.60. The highest BCUT2D eigenvalue weighted by Crippen LogP contribution is 2.29. The number of phenolic OH excluding ortho intramolecular Hbond substituents is 4. The van der Waals surface area contributed by atoms with Gasteiger partial charge in [0.25, 0.3) is 0 Å². The fraction of sp³-hybridized carbons (Fsp3) is 0.520. The van der Waals surface area contributed by atoms with E-state index in [4.69, 9.17) is 9.47 Å². The van der Waals surface area contributed by atoms with Crippen LogP contribution in [0.2, 0.25) is 0 Å². The third-order valence-electron chi connectivity index (χ3n) is 6.27. The molecule has 1 aliphatic rings. The van der Waals surface area contributed by atoms with Gasteiger partial charge >= 0.3 is 0 Å². The van der Waals surface area contributed by atoms with Crippen LogP contribution in [-0.4, -0.2) is 84.3 Å². The van der Waals surface area contributed by atoms with Crippen LogP contribution in [-0.2, 0) is 22.3 Å².